The molecule has 0 aliphatic carbocycles. The summed E-state index contributed by atoms with van der Waals surface area (Å²) in [5.74, 6) is 0.267. The van der Waals surface area contributed by atoms with Gasteiger partial charge in [-0.05, 0) is 64.3 Å². The van der Waals surface area contributed by atoms with Crippen molar-refractivity contribution in [2.75, 3.05) is 26.2 Å². The molecule has 1 fully saturated rings. The van der Waals surface area contributed by atoms with E-state index in [1.807, 2.05) is 12.1 Å². The Morgan fingerprint density at radius 3 is 2.56 bits per heavy atom. The molecule has 25 heavy (non-hydrogen) atoms. The Balaban J connectivity index is 1.85. The molecule has 3 nitrogen and oxygen atoms in total. The number of carbonyl (C=O) groups is 1. The average molecular weight is 363 g/mol. The number of allylic oxidation sites excluding steroid dienone is 2. The zero-order chi connectivity index (χ0) is 18.2. The summed E-state index contributed by atoms with van der Waals surface area (Å²) in [6.07, 6.45) is 5.81. The minimum absolute atomic E-state index is 0.00158. The zero-order valence-electron chi connectivity index (χ0n) is 15.8. The number of hydrogen-bond donors (Lipinski definition) is 0. The minimum atomic E-state index is 0.00158. The van der Waals surface area contributed by atoms with Crippen molar-refractivity contribution in [1.82, 2.24) is 9.80 Å². The molecule has 1 saturated heterocycles. The van der Waals surface area contributed by atoms with Gasteiger partial charge in [-0.3, -0.25) is 9.69 Å². The molecule has 138 valence electrons. The van der Waals surface area contributed by atoms with Crippen LogP contribution in [0.5, 0.6) is 0 Å². The molecule has 0 radical (unpaired) electrons. The SMILES string of the molecule is C/C=C(\C)CCCCN1CCN(Cc2ccc(Cl)cc2)C(C(C)=O)C1. The van der Waals surface area contributed by atoms with E-state index in [1.54, 1.807) is 6.92 Å². The van der Waals surface area contributed by atoms with Crippen molar-refractivity contribution in [3.8, 4) is 0 Å². The number of hydrogen-bond acceptors (Lipinski definition) is 3. The van der Waals surface area contributed by atoms with Crippen LogP contribution in [-0.2, 0) is 11.3 Å². The maximum absolute atomic E-state index is 12.2. The van der Waals surface area contributed by atoms with E-state index in [2.05, 4.69) is 41.9 Å². The Morgan fingerprint density at radius 1 is 1.20 bits per heavy atom. The van der Waals surface area contributed by atoms with Crippen molar-refractivity contribution in [3.63, 3.8) is 0 Å². The van der Waals surface area contributed by atoms with E-state index in [4.69, 9.17) is 11.6 Å². The fourth-order valence-electron chi connectivity index (χ4n) is 3.36. The third-order valence-electron chi connectivity index (χ3n) is 5.13. The van der Waals surface area contributed by atoms with Gasteiger partial charge in [0.15, 0.2) is 0 Å². The molecule has 0 aromatic heterocycles. The molecule has 1 unspecified atom stereocenters. The molecule has 0 spiro atoms. The van der Waals surface area contributed by atoms with Crippen LogP contribution in [0.25, 0.3) is 0 Å². The van der Waals surface area contributed by atoms with Gasteiger partial charge < -0.3 is 4.90 Å². The number of rotatable bonds is 8. The van der Waals surface area contributed by atoms with E-state index in [9.17, 15) is 4.79 Å². The molecule has 1 atom stereocenters. The van der Waals surface area contributed by atoms with E-state index in [0.717, 1.165) is 37.7 Å². The second kappa shape index (κ2) is 10.1. The Kier molecular flexibility index (Phi) is 8.14. The Labute approximate surface area is 157 Å². The molecule has 4 heteroatoms. The van der Waals surface area contributed by atoms with Crippen molar-refractivity contribution >= 4 is 17.4 Å². The third kappa shape index (κ3) is 6.58. The standard InChI is InChI=1S/C21H31ClN2O/c1-4-17(2)7-5-6-12-23-13-14-24(21(16-23)18(3)25)15-19-8-10-20(22)11-9-19/h4,8-11,21H,5-7,12-16H2,1-3H3/b17-4+. The van der Waals surface area contributed by atoms with E-state index in [1.165, 1.54) is 30.4 Å². The van der Waals surface area contributed by atoms with Crippen LogP contribution in [0.4, 0.5) is 0 Å². The highest BCUT2D eigenvalue weighted by molar-refractivity contribution is 6.30. The number of ketones is 1. The summed E-state index contributed by atoms with van der Waals surface area (Å²) in [6.45, 7) is 10.8. The van der Waals surface area contributed by atoms with Crippen LogP contribution < -0.4 is 0 Å². The van der Waals surface area contributed by atoms with E-state index in [-0.39, 0.29) is 11.8 Å². The summed E-state index contributed by atoms with van der Waals surface area (Å²) in [6, 6.07) is 7.94. The lowest BCUT2D eigenvalue weighted by molar-refractivity contribution is -0.124. The second-order valence-corrected chi connectivity index (χ2v) is 7.55. The highest BCUT2D eigenvalue weighted by atomic mass is 35.5. The fourth-order valence-corrected chi connectivity index (χ4v) is 3.49. The quantitative estimate of drug-likeness (QED) is 0.500. The summed E-state index contributed by atoms with van der Waals surface area (Å²) in [5.41, 5.74) is 2.68. The minimum Gasteiger partial charge on any atom is -0.300 e. The predicted octanol–water partition coefficient (Wildman–Crippen LogP) is 4.55. The molecule has 0 amide bonds. The van der Waals surface area contributed by atoms with Gasteiger partial charge in [0, 0.05) is 31.2 Å². The topological polar surface area (TPSA) is 23.6 Å². The van der Waals surface area contributed by atoms with Crippen LogP contribution in [0.2, 0.25) is 5.02 Å². The molecule has 0 saturated carbocycles. The molecule has 1 aromatic rings. The molecule has 1 aliphatic rings. The monoisotopic (exact) mass is 362 g/mol. The molecular weight excluding hydrogens is 332 g/mol. The van der Waals surface area contributed by atoms with Gasteiger partial charge in [0.2, 0.25) is 0 Å². The smallest absolute Gasteiger partial charge is 0.148 e. The normalized spacial score (nSPS) is 20.0. The maximum atomic E-state index is 12.2. The lowest BCUT2D eigenvalue weighted by Gasteiger charge is -2.40. The molecule has 0 N–H and O–H groups in total. The van der Waals surface area contributed by atoms with Crippen LogP contribution in [0, 0.1) is 0 Å². The molecule has 0 bridgehead atoms. The molecular formula is C21H31ClN2O. The number of nitrogens with zero attached hydrogens (tertiary/aromatic N) is 2. The second-order valence-electron chi connectivity index (χ2n) is 7.12. The first kappa shape index (κ1) is 20.2. The van der Waals surface area contributed by atoms with Gasteiger partial charge in [0.05, 0.1) is 6.04 Å². The van der Waals surface area contributed by atoms with E-state index >= 15 is 0 Å². The summed E-state index contributed by atoms with van der Waals surface area (Å²) in [7, 11) is 0. The zero-order valence-corrected chi connectivity index (χ0v) is 16.6. The lowest BCUT2D eigenvalue weighted by atomic mass is 10.1. The number of piperazine rings is 1. The van der Waals surface area contributed by atoms with E-state index in [0.29, 0.717) is 0 Å². The first-order valence-electron chi connectivity index (χ1n) is 9.32. The van der Waals surface area contributed by atoms with Gasteiger partial charge >= 0.3 is 0 Å². The van der Waals surface area contributed by atoms with Crippen molar-refractivity contribution in [2.45, 2.75) is 52.6 Å². The van der Waals surface area contributed by atoms with Gasteiger partial charge in [0.1, 0.15) is 5.78 Å². The molecule has 1 aliphatic heterocycles. The largest absolute Gasteiger partial charge is 0.300 e. The maximum Gasteiger partial charge on any atom is 0.148 e. The van der Waals surface area contributed by atoms with Crippen LogP contribution in [0.3, 0.4) is 0 Å². The number of benzene rings is 1. The van der Waals surface area contributed by atoms with Gasteiger partial charge in [0.25, 0.3) is 0 Å². The van der Waals surface area contributed by atoms with Crippen molar-refractivity contribution in [1.29, 1.82) is 0 Å². The number of unbranched alkanes of at least 4 members (excludes halogenated alkanes) is 1. The van der Waals surface area contributed by atoms with Gasteiger partial charge in [-0.25, -0.2) is 0 Å². The van der Waals surface area contributed by atoms with Gasteiger partial charge in [-0.2, -0.15) is 0 Å². The average Bonchev–Trinajstić information content (AvgIpc) is 2.61. The van der Waals surface area contributed by atoms with Gasteiger partial charge in [-0.15, -0.1) is 0 Å². The predicted molar refractivity (Wildman–Crippen MR) is 106 cm³/mol. The van der Waals surface area contributed by atoms with Crippen molar-refractivity contribution < 1.29 is 4.79 Å². The third-order valence-corrected chi connectivity index (χ3v) is 5.38. The Bertz CT molecular complexity index is 582. The van der Waals surface area contributed by atoms with Gasteiger partial charge in [-0.1, -0.05) is 35.4 Å². The summed E-state index contributed by atoms with van der Waals surface area (Å²) >= 11 is 5.96. The first-order chi connectivity index (χ1) is 12.0. The van der Waals surface area contributed by atoms with E-state index < -0.39 is 0 Å². The summed E-state index contributed by atoms with van der Waals surface area (Å²) in [4.78, 5) is 16.9. The summed E-state index contributed by atoms with van der Waals surface area (Å²) < 4.78 is 0. The molecule has 2 rings (SSSR count). The van der Waals surface area contributed by atoms with Crippen LogP contribution in [-0.4, -0.2) is 47.8 Å². The first-order valence-corrected chi connectivity index (χ1v) is 9.70. The number of halogens is 1. The lowest BCUT2D eigenvalue weighted by Crippen LogP contribution is -2.55. The van der Waals surface area contributed by atoms with Crippen molar-refractivity contribution in [3.05, 3.63) is 46.5 Å². The molecule has 1 aromatic carbocycles. The fraction of sp³-hybridized carbons (Fsp3) is 0.571. The van der Waals surface area contributed by atoms with Crippen LogP contribution >= 0.6 is 11.6 Å². The molecule has 1 heterocycles. The van der Waals surface area contributed by atoms with Crippen molar-refractivity contribution in [2.24, 2.45) is 0 Å². The highest BCUT2D eigenvalue weighted by Gasteiger charge is 2.29. The summed E-state index contributed by atoms with van der Waals surface area (Å²) in [5, 5.41) is 0.754. The Hall–Kier alpha value is -1.16. The number of Topliss-reactive ketones (excluding diaryl/α,β-unsaturated/α-hetero) is 1. The highest BCUT2D eigenvalue weighted by Crippen LogP contribution is 2.18. The van der Waals surface area contributed by atoms with Crippen LogP contribution in [0.1, 0.15) is 45.6 Å². The van der Waals surface area contributed by atoms with Crippen LogP contribution in [0.15, 0.2) is 35.9 Å². The number of carbonyl (C=O) groups excluding carboxylic acids is 1. The Morgan fingerprint density at radius 2 is 1.92 bits per heavy atom.